The fraction of sp³-hybridized carbons (Fsp3) is 0.409. The van der Waals surface area contributed by atoms with E-state index < -0.39 is 17.6 Å². The maximum Gasteiger partial charge on any atom is 0.418 e. The highest BCUT2D eigenvalue weighted by Crippen LogP contribution is 2.34. The third-order valence-electron chi connectivity index (χ3n) is 4.94. The Morgan fingerprint density at radius 3 is 2.59 bits per heavy atom. The van der Waals surface area contributed by atoms with Gasteiger partial charge in [-0.1, -0.05) is 42.5 Å². The molecule has 1 heterocycles. The maximum absolute atomic E-state index is 13.1. The molecule has 3 rings (SSSR count). The zero-order valence-corrected chi connectivity index (χ0v) is 16.1. The Bertz CT molecular complexity index is 796. The summed E-state index contributed by atoms with van der Waals surface area (Å²) in [6, 6.07) is 14.9. The van der Waals surface area contributed by atoms with E-state index in [1.165, 1.54) is 18.2 Å². The lowest BCUT2D eigenvalue weighted by atomic mass is 9.99. The monoisotopic (exact) mass is 406 g/mol. The Labute approximate surface area is 168 Å². The van der Waals surface area contributed by atoms with Crippen molar-refractivity contribution in [3.63, 3.8) is 0 Å². The molecule has 0 aliphatic carbocycles. The number of likely N-dealkylation sites (tertiary alicyclic amines) is 1. The summed E-state index contributed by atoms with van der Waals surface area (Å²) in [4.78, 5) is 14.3. The molecule has 1 atom stereocenters. The van der Waals surface area contributed by atoms with Crippen LogP contribution in [0.2, 0.25) is 0 Å². The predicted octanol–water partition coefficient (Wildman–Crippen LogP) is 4.57. The molecule has 29 heavy (non-hydrogen) atoms. The topological polar surface area (TPSA) is 41.6 Å². The summed E-state index contributed by atoms with van der Waals surface area (Å²) in [5.41, 5.74) is 0.0757. The largest absolute Gasteiger partial charge is 0.418 e. The standard InChI is InChI=1S/C22H25F3N2O2/c23-22(24,25)19-10-4-5-11-20(19)26-21(28)14-27-12-6-9-18(13-27)16-29-15-17-7-2-1-3-8-17/h1-5,7-8,10-11,18H,6,9,12-16H2,(H,26,28). The molecule has 1 unspecified atom stereocenters. The van der Waals surface area contributed by atoms with E-state index in [-0.39, 0.29) is 12.2 Å². The molecule has 0 spiro atoms. The van der Waals surface area contributed by atoms with Gasteiger partial charge in [0.1, 0.15) is 0 Å². The molecule has 1 aliphatic rings. The summed E-state index contributed by atoms with van der Waals surface area (Å²) in [5.74, 6) is -0.129. The first-order chi connectivity index (χ1) is 13.9. The molecule has 4 nitrogen and oxygen atoms in total. The average Bonchev–Trinajstić information content (AvgIpc) is 2.69. The highest BCUT2D eigenvalue weighted by atomic mass is 19.4. The third-order valence-corrected chi connectivity index (χ3v) is 4.94. The van der Waals surface area contributed by atoms with Gasteiger partial charge >= 0.3 is 6.18 Å². The molecule has 1 amide bonds. The predicted molar refractivity (Wildman–Crippen MR) is 105 cm³/mol. The normalized spacial score (nSPS) is 17.8. The van der Waals surface area contributed by atoms with Crippen molar-refractivity contribution >= 4 is 11.6 Å². The van der Waals surface area contributed by atoms with E-state index in [1.807, 2.05) is 35.2 Å². The van der Waals surface area contributed by atoms with Crippen molar-refractivity contribution in [2.24, 2.45) is 5.92 Å². The zero-order chi connectivity index (χ0) is 20.7. The van der Waals surface area contributed by atoms with E-state index in [0.29, 0.717) is 25.7 Å². The number of nitrogens with one attached hydrogen (secondary N) is 1. The second kappa shape index (κ2) is 9.89. The van der Waals surface area contributed by atoms with Gasteiger partial charge in [-0.15, -0.1) is 0 Å². The molecule has 2 aromatic rings. The van der Waals surface area contributed by atoms with Crippen LogP contribution in [-0.2, 0) is 22.3 Å². The van der Waals surface area contributed by atoms with Crippen molar-refractivity contribution < 1.29 is 22.7 Å². The first kappa shape index (κ1) is 21.3. The van der Waals surface area contributed by atoms with Crippen LogP contribution in [0.25, 0.3) is 0 Å². The van der Waals surface area contributed by atoms with Crippen molar-refractivity contribution in [2.45, 2.75) is 25.6 Å². The summed E-state index contributed by atoms with van der Waals surface area (Å²) >= 11 is 0. The van der Waals surface area contributed by atoms with Gasteiger partial charge in [0.05, 0.1) is 31.0 Å². The summed E-state index contributed by atoms with van der Waals surface area (Å²) < 4.78 is 45.0. The van der Waals surface area contributed by atoms with Gasteiger partial charge in [-0.25, -0.2) is 0 Å². The number of piperidine rings is 1. The summed E-state index contributed by atoms with van der Waals surface area (Å²) in [5, 5.41) is 2.41. The number of ether oxygens (including phenoxy) is 1. The number of para-hydroxylation sites is 1. The van der Waals surface area contributed by atoms with Gasteiger partial charge in [0.25, 0.3) is 0 Å². The van der Waals surface area contributed by atoms with Crippen LogP contribution >= 0.6 is 0 Å². The van der Waals surface area contributed by atoms with Crippen LogP contribution in [-0.4, -0.2) is 37.0 Å². The quantitative estimate of drug-likeness (QED) is 0.732. The van der Waals surface area contributed by atoms with Crippen molar-refractivity contribution in [1.29, 1.82) is 0 Å². The number of carbonyl (C=O) groups is 1. The first-order valence-corrected chi connectivity index (χ1v) is 9.72. The Hall–Kier alpha value is -2.38. The molecule has 7 heteroatoms. The number of rotatable bonds is 7. The highest BCUT2D eigenvalue weighted by Gasteiger charge is 2.33. The van der Waals surface area contributed by atoms with Gasteiger partial charge < -0.3 is 10.1 Å². The van der Waals surface area contributed by atoms with E-state index in [4.69, 9.17) is 4.74 Å². The Morgan fingerprint density at radius 2 is 1.83 bits per heavy atom. The second-order valence-corrected chi connectivity index (χ2v) is 7.34. The lowest BCUT2D eigenvalue weighted by Crippen LogP contribution is -2.41. The maximum atomic E-state index is 13.1. The van der Waals surface area contributed by atoms with Gasteiger partial charge in [-0.3, -0.25) is 9.69 Å². The number of hydrogen-bond donors (Lipinski definition) is 1. The molecule has 156 valence electrons. The fourth-order valence-electron chi connectivity index (χ4n) is 3.58. The van der Waals surface area contributed by atoms with Crippen molar-refractivity contribution in [1.82, 2.24) is 4.90 Å². The van der Waals surface area contributed by atoms with Gasteiger partial charge in [-0.05, 0) is 43.0 Å². The molecular weight excluding hydrogens is 381 g/mol. The molecule has 1 fully saturated rings. The summed E-state index contributed by atoms with van der Waals surface area (Å²) in [6.07, 6.45) is -2.55. The van der Waals surface area contributed by atoms with Crippen LogP contribution in [0.4, 0.5) is 18.9 Å². The fourth-order valence-corrected chi connectivity index (χ4v) is 3.58. The van der Waals surface area contributed by atoms with Crippen LogP contribution in [0.3, 0.4) is 0 Å². The van der Waals surface area contributed by atoms with Crippen LogP contribution in [0.15, 0.2) is 54.6 Å². The number of hydrogen-bond acceptors (Lipinski definition) is 3. The molecule has 1 aliphatic heterocycles. The molecule has 0 bridgehead atoms. The number of nitrogens with zero attached hydrogens (tertiary/aromatic N) is 1. The van der Waals surface area contributed by atoms with Crippen molar-refractivity contribution in [3.05, 3.63) is 65.7 Å². The minimum atomic E-state index is -4.50. The lowest BCUT2D eigenvalue weighted by molar-refractivity contribution is -0.137. The summed E-state index contributed by atoms with van der Waals surface area (Å²) in [6.45, 7) is 2.67. The zero-order valence-electron chi connectivity index (χ0n) is 16.1. The average molecular weight is 406 g/mol. The molecular formula is C22H25F3N2O2. The minimum Gasteiger partial charge on any atom is -0.376 e. The molecule has 1 saturated heterocycles. The van der Waals surface area contributed by atoms with Crippen LogP contribution < -0.4 is 5.32 Å². The highest BCUT2D eigenvalue weighted by molar-refractivity contribution is 5.93. The van der Waals surface area contributed by atoms with Crippen LogP contribution in [0.5, 0.6) is 0 Å². The van der Waals surface area contributed by atoms with E-state index in [0.717, 1.165) is 31.0 Å². The van der Waals surface area contributed by atoms with Gasteiger partial charge in [0.15, 0.2) is 0 Å². The van der Waals surface area contributed by atoms with E-state index in [9.17, 15) is 18.0 Å². The number of halogens is 3. The third kappa shape index (κ3) is 6.58. The van der Waals surface area contributed by atoms with Crippen molar-refractivity contribution in [3.8, 4) is 0 Å². The van der Waals surface area contributed by atoms with Crippen LogP contribution in [0, 0.1) is 5.92 Å². The Kier molecular flexibility index (Phi) is 7.28. The molecule has 2 aromatic carbocycles. The van der Waals surface area contributed by atoms with E-state index in [2.05, 4.69) is 5.32 Å². The number of benzene rings is 2. The van der Waals surface area contributed by atoms with Gasteiger partial charge in [0, 0.05) is 6.54 Å². The summed E-state index contributed by atoms with van der Waals surface area (Å²) in [7, 11) is 0. The number of anilines is 1. The molecule has 0 aromatic heterocycles. The molecule has 0 radical (unpaired) electrons. The van der Waals surface area contributed by atoms with E-state index >= 15 is 0 Å². The van der Waals surface area contributed by atoms with Crippen molar-refractivity contribution in [2.75, 3.05) is 31.6 Å². The number of carbonyl (C=O) groups excluding carboxylic acids is 1. The minimum absolute atomic E-state index is 0.0708. The number of alkyl halides is 3. The van der Waals surface area contributed by atoms with E-state index in [1.54, 1.807) is 0 Å². The molecule has 0 saturated carbocycles. The van der Waals surface area contributed by atoms with Gasteiger partial charge in [-0.2, -0.15) is 13.2 Å². The Balaban J connectivity index is 1.47. The van der Waals surface area contributed by atoms with Crippen LogP contribution in [0.1, 0.15) is 24.0 Å². The number of amides is 1. The Morgan fingerprint density at radius 1 is 1.10 bits per heavy atom. The SMILES string of the molecule is O=C(CN1CCCC(COCc2ccccc2)C1)Nc1ccccc1C(F)(F)F. The van der Waals surface area contributed by atoms with Gasteiger partial charge in [0.2, 0.25) is 5.91 Å². The smallest absolute Gasteiger partial charge is 0.376 e. The second-order valence-electron chi connectivity index (χ2n) is 7.34. The lowest BCUT2D eigenvalue weighted by Gasteiger charge is -2.32. The molecule has 1 N–H and O–H groups in total. The first-order valence-electron chi connectivity index (χ1n) is 9.72.